The Morgan fingerprint density at radius 3 is 3.00 bits per heavy atom. The van der Waals surface area contributed by atoms with Crippen LogP contribution in [0.2, 0.25) is 0 Å². The standard InChI is InChI=1S/C20H20N4O3/c1-12-3-2-8-24(10-12)20-22-18-17(19(25)23-20)14(6-7-21-18)13-4-5-15-16(9-13)27-11-26-15/h4-7,9,12H,2-3,8,10-11H2,1H3,(H,21,22,23,25). The van der Waals surface area contributed by atoms with Gasteiger partial charge in [0.15, 0.2) is 17.1 Å². The second kappa shape index (κ2) is 6.26. The van der Waals surface area contributed by atoms with Crippen molar-refractivity contribution in [1.29, 1.82) is 0 Å². The lowest BCUT2D eigenvalue weighted by molar-refractivity contribution is 0.174. The fourth-order valence-corrected chi connectivity index (χ4v) is 3.89. The van der Waals surface area contributed by atoms with Crippen molar-refractivity contribution in [3.05, 3.63) is 40.8 Å². The Morgan fingerprint density at radius 1 is 1.22 bits per heavy atom. The summed E-state index contributed by atoms with van der Waals surface area (Å²) >= 11 is 0. The fraction of sp³-hybridized carbons (Fsp3) is 0.350. The molecule has 0 bridgehead atoms. The van der Waals surface area contributed by atoms with Gasteiger partial charge in [-0.3, -0.25) is 9.78 Å². The molecule has 2 aliphatic heterocycles. The number of nitrogens with zero attached hydrogens (tertiary/aromatic N) is 3. The van der Waals surface area contributed by atoms with Crippen molar-refractivity contribution < 1.29 is 9.47 Å². The number of ether oxygens (including phenoxy) is 2. The second-order valence-electron chi connectivity index (χ2n) is 7.21. The number of aromatic nitrogens is 3. The normalized spacial score (nSPS) is 18.9. The fourth-order valence-electron chi connectivity index (χ4n) is 3.89. The average Bonchev–Trinajstić information content (AvgIpc) is 3.15. The van der Waals surface area contributed by atoms with Gasteiger partial charge < -0.3 is 14.4 Å². The molecule has 5 rings (SSSR count). The Bertz CT molecular complexity index is 1080. The maximum absolute atomic E-state index is 12.9. The summed E-state index contributed by atoms with van der Waals surface area (Å²) < 4.78 is 10.8. The van der Waals surface area contributed by atoms with Crippen LogP contribution in [0.1, 0.15) is 19.8 Å². The van der Waals surface area contributed by atoms with E-state index in [0.29, 0.717) is 34.4 Å². The highest BCUT2D eigenvalue weighted by Crippen LogP contribution is 2.37. The summed E-state index contributed by atoms with van der Waals surface area (Å²) in [5, 5.41) is 0.491. The number of hydrogen-bond acceptors (Lipinski definition) is 6. The van der Waals surface area contributed by atoms with E-state index in [-0.39, 0.29) is 12.4 Å². The van der Waals surface area contributed by atoms with Crippen LogP contribution in [-0.2, 0) is 0 Å². The van der Waals surface area contributed by atoms with E-state index >= 15 is 0 Å². The average molecular weight is 364 g/mol. The summed E-state index contributed by atoms with van der Waals surface area (Å²) in [6, 6.07) is 7.49. The molecule has 4 heterocycles. The Balaban J connectivity index is 1.62. The molecule has 0 aliphatic carbocycles. The van der Waals surface area contributed by atoms with Gasteiger partial charge in [0.1, 0.15) is 0 Å². The lowest BCUT2D eigenvalue weighted by Crippen LogP contribution is -2.36. The minimum Gasteiger partial charge on any atom is -0.454 e. The second-order valence-corrected chi connectivity index (χ2v) is 7.21. The highest BCUT2D eigenvalue weighted by Gasteiger charge is 2.21. The topological polar surface area (TPSA) is 80.3 Å². The molecule has 27 heavy (non-hydrogen) atoms. The lowest BCUT2D eigenvalue weighted by Gasteiger charge is -2.31. The monoisotopic (exact) mass is 364 g/mol. The van der Waals surface area contributed by atoms with E-state index < -0.39 is 0 Å². The predicted octanol–water partition coefficient (Wildman–Crippen LogP) is 2.95. The molecule has 7 nitrogen and oxygen atoms in total. The van der Waals surface area contributed by atoms with Crippen LogP contribution in [0.5, 0.6) is 11.5 Å². The van der Waals surface area contributed by atoms with Gasteiger partial charge in [0.05, 0.1) is 5.39 Å². The molecule has 1 N–H and O–H groups in total. The van der Waals surface area contributed by atoms with Gasteiger partial charge >= 0.3 is 0 Å². The van der Waals surface area contributed by atoms with Crippen molar-refractivity contribution in [2.75, 3.05) is 24.8 Å². The summed E-state index contributed by atoms with van der Waals surface area (Å²) in [5.74, 6) is 2.59. The van der Waals surface area contributed by atoms with Crippen molar-refractivity contribution in [2.45, 2.75) is 19.8 Å². The van der Waals surface area contributed by atoms with Crippen LogP contribution in [0, 0.1) is 5.92 Å². The van der Waals surface area contributed by atoms with Gasteiger partial charge in [-0.2, -0.15) is 4.98 Å². The Kier molecular flexibility index (Phi) is 3.74. The first-order valence-electron chi connectivity index (χ1n) is 9.23. The van der Waals surface area contributed by atoms with Crippen LogP contribution in [0.3, 0.4) is 0 Å². The van der Waals surface area contributed by atoms with Gasteiger partial charge in [0, 0.05) is 19.3 Å². The predicted molar refractivity (Wildman–Crippen MR) is 102 cm³/mol. The summed E-state index contributed by atoms with van der Waals surface area (Å²) in [7, 11) is 0. The first-order chi connectivity index (χ1) is 13.2. The molecule has 1 saturated heterocycles. The van der Waals surface area contributed by atoms with Crippen LogP contribution in [0.25, 0.3) is 22.2 Å². The highest BCUT2D eigenvalue weighted by molar-refractivity contribution is 5.92. The SMILES string of the molecule is CC1CCCN(c2nc3nccc(-c4ccc5c(c4)OCO5)c3c(=O)[nH]2)C1. The van der Waals surface area contributed by atoms with E-state index in [1.54, 1.807) is 6.20 Å². The van der Waals surface area contributed by atoms with Crippen LogP contribution in [0.15, 0.2) is 35.3 Å². The van der Waals surface area contributed by atoms with Gasteiger partial charge in [0.2, 0.25) is 12.7 Å². The molecule has 2 aromatic heterocycles. The highest BCUT2D eigenvalue weighted by atomic mass is 16.7. The molecule has 0 amide bonds. The Labute approximate surface area is 156 Å². The molecule has 3 aromatic rings. The zero-order valence-electron chi connectivity index (χ0n) is 15.1. The molecular formula is C20H20N4O3. The third-order valence-electron chi connectivity index (χ3n) is 5.24. The van der Waals surface area contributed by atoms with Gasteiger partial charge in [0.25, 0.3) is 5.56 Å². The summed E-state index contributed by atoms with van der Waals surface area (Å²) in [6.45, 7) is 4.24. The Hall–Kier alpha value is -3.09. The van der Waals surface area contributed by atoms with E-state index in [9.17, 15) is 4.79 Å². The molecule has 7 heteroatoms. The number of H-pyrrole nitrogens is 1. The molecule has 2 aliphatic rings. The number of pyridine rings is 1. The zero-order valence-corrected chi connectivity index (χ0v) is 15.1. The van der Waals surface area contributed by atoms with Crippen LogP contribution in [0.4, 0.5) is 5.95 Å². The van der Waals surface area contributed by atoms with Crippen LogP contribution >= 0.6 is 0 Å². The molecule has 1 unspecified atom stereocenters. The summed E-state index contributed by atoms with van der Waals surface area (Å²) in [5.41, 5.74) is 1.94. The minimum atomic E-state index is -0.172. The maximum atomic E-state index is 12.9. The summed E-state index contributed by atoms with van der Waals surface area (Å²) in [4.78, 5) is 27.1. The van der Waals surface area contributed by atoms with Gasteiger partial charge in [-0.1, -0.05) is 13.0 Å². The number of nitrogens with one attached hydrogen (secondary N) is 1. The quantitative estimate of drug-likeness (QED) is 0.753. The zero-order chi connectivity index (χ0) is 18.4. The van der Waals surface area contributed by atoms with Gasteiger partial charge in [-0.15, -0.1) is 0 Å². The van der Waals surface area contributed by atoms with Crippen LogP contribution < -0.4 is 19.9 Å². The first-order valence-corrected chi connectivity index (χ1v) is 9.23. The lowest BCUT2D eigenvalue weighted by atomic mass is 10.0. The molecule has 0 radical (unpaired) electrons. The molecule has 0 saturated carbocycles. The Morgan fingerprint density at radius 2 is 2.11 bits per heavy atom. The number of rotatable bonds is 2. The van der Waals surface area contributed by atoms with E-state index in [2.05, 4.69) is 26.8 Å². The van der Waals surface area contributed by atoms with Crippen molar-refractivity contribution in [3.8, 4) is 22.6 Å². The van der Waals surface area contributed by atoms with E-state index in [1.807, 2.05) is 24.3 Å². The number of anilines is 1. The van der Waals surface area contributed by atoms with E-state index in [1.165, 1.54) is 6.42 Å². The van der Waals surface area contributed by atoms with E-state index in [4.69, 9.17) is 9.47 Å². The van der Waals surface area contributed by atoms with Crippen molar-refractivity contribution in [1.82, 2.24) is 15.0 Å². The van der Waals surface area contributed by atoms with Crippen LogP contribution in [-0.4, -0.2) is 34.8 Å². The molecule has 1 atom stereocenters. The number of fused-ring (bicyclic) bond motifs is 2. The molecule has 0 spiro atoms. The molecule has 1 fully saturated rings. The van der Waals surface area contributed by atoms with Crippen molar-refractivity contribution in [3.63, 3.8) is 0 Å². The van der Waals surface area contributed by atoms with E-state index in [0.717, 1.165) is 30.6 Å². The number of hydrogen-bond donors (Lipinski definition) is 1. The number of piperidine rings is 1. The summed E-state index contributed by atoms with van der Waals surface area (Å²) in [6.07, 6.45) is 4.01. The minimum absolute atomic E-state index is 0.172. The molecule has 1 aromatic carbocycles. The molecular weight excluding hydrogens is 344 g/mol. The third kappa shape index (κ3) is 2.79. The maximum Gasteiger partial charge on any atom is 0.262 e. The largest absolute Gasteiger partial charge is 0.454 e. The number of benzene rings is 1. The number of aromatic amines is 1. The van der Waals surface area contributed by atoms with Crippen molar-refractivity contribution >= 4 is 17.0 Å². The third-order valence-corrected chi connectivity index (χ3v) is 5.24. The first kappa shape index (κ1) is 16.1. The van der Waals surface area contributed by atoms with Crippen molar-refractivity contribution in [2.24, 2.45) is 5.92 Å². The molecule has 138 valence electrons. The van der Waals surface area contributed by atoms with Gasteiger partial charge in [-0.05, 0) is 48.1 Å². The van der Waals surface area contributed by atoms with Gasteiger partial charge in [-0.25, -0.2) is 4.98 Å². The smallest absolute Gasteiger partial charge is 0.262 e.